The molecule has 0 aliphatic heterocycles. The van der Waals surface area contributed by atoms with Gasteiger partial charge >= 0.3 is 11.9 Å². The van der Waals surface area contributed by atoms with Gasteiger partial charge in [-0.15, -0.1) is 0 Å². The molecule has 3 aromatic carbocycles. The second-order valence-corrected chi connectivity index (χ2v) is 15.9. The highest BCUT2D eigenvalue weighted by Gasteiger charge is 2.18. The topological polar surface area (TPSA) is 52.6 Å². The zero-order valence-electron chi connectivity index (χ0n) is 35.0. The van der Waals surface area contributed by atoms with Crippen LogP contribution >= 0.6 is 0 Å². The third-order valence-electron chi connectivity index (χ3n) is 11.0. The molecule has 0 atom stereocenters. The summed E-state index contributed by atoms with van der Waals surface area (Å²) in [6, 6.07) is 26.2. The van der Waals surface area contributed by atoms with Crippen molar-refractivity contribution in [2.45, 2.75) is 200 Å². The summed E-state index contributed by atoms with van der Waals surface area (Å²) in [6.07, 6.45) is 34.4. The Labute approximate surface area is 336 Å². The zero-order chi connectivity index (χ0) is 39.0. The quantitative estimate of drug-likeness (QED) is 0.0269. The summed E-state index contributed by atoms with van der Waals surface area (Å²) in [4.78, 5) is 25.2. The van der Waals surface area contributed by atoms with Crippen LogP contribution in [0.1, 0.15) is 216 Å². The lowest BCUT2D eigenvalue weighted by atomic mass is 9.85. The van der Waals surface area contributed by atoms with Gasteiger partial charge in [0.2, 0.25) is 0 Å². The predicted octanol–water partition coefficient (Wildman–Crippen LogP) is 15.6. The van der Waals surface area contributed by atoms with Gasteiger partial charge in [-0.3, -0.25) is 9.59 Å². The minimum Gasteiger partial charge on any atom is -0.427 e. The Balaban J connectivity index is 1.35. The number of hydrogen-bond donors (Lipinski definition) is 0. The Morgan fingerprint density at radius 1 is 0.364 bits per heavy atom. The van der Waals surface area contributed by atoms with E-state index in [0.717, 1.165) is 36.8 Å². The second kappa shape index (κ2) is 30.8. The highest BCUT2D eigenvalue weighted by atomic mass is 16.5. The summed E-state index contributed by atoms with van der Waals surface area (Å²) in [5, 5.41) is 0. The van der Waals surface area contributed by atoms with E-state index in [2.05, 4.69) is 62.4 Å². The first kappa shape index (κ1) is 46.0. The summed E-state index contributed by atoms with van der Waals surface area (Å²) in [5.74, 6) is 0.846. The molecule has 4 heteroatoms. The standard InChI is InChI=1S/C51H76O4/c1-3-5-7-9-11-13-15-17-19-21-23-25-30-34-49(52)54-47-40-36-45(37-41-47)51(44-32-28-27-29-33-44)46-38-42-48(43-39-46)55-50(53)35-31-26-24-22-20-18-16-14-12-10-8-6-4-2/h27-29,32-33,36-43,51H,3-26,30-31,34-35H2,1-2H3. The fourth-order valence-corrected chi connectivity index (χ4v) is 7.62. The fourth-order valence-electron chi connectivity index (χ4n) is 7.62. The lowest BCUT2D eigenvalue weighted by molar-refractivity contribution is -0.135. The maximum Gasteiger partial charge on any atom is 0.311 e. The Hall–Kier alpha value is -3.40. The van der Waals surface area contributed by atoms with E-state index in [1.165, 1.54) is 147 Å². The number of rotatable bonds is 33. The molecule has 0 aliphatic rings. The number of carbonyl (C=O) groups excluding carboxylic acids is 2. The van der Waals surface area contributed by atoms with E-state index in [4.69, 9.17) is 9.47 Å². The number of ether oxygens (including phenoxy) is 2. The summed E-state index contributed by atoms with van der Waals surface area (Å²) in [6.45, 7) is 4.54. The van der Waals surface area contributed by atoms with E-state index in [1.54, 1.807) is 0 Å². The smallest absolute Gasteiger partial charge is 0.311 e. The highest BCUT2D eigenvalue weighted by molar-refractivity contribution is 5.72. The number of unbranched alkanes of at least 4 members (excludes halogenated alkanes) is 24. The Morgan fingerprint density at radius 2 is 0.636 bits per heavy atom. The first-order valence-corrected chi connectivity index (χ1v) is 22.8. The van der Waals surface area contributed by atoms with Crippen LogP contribution in [0.15, 0.2) is 78.9 Å². The molecule has 0 N–H and O–H groups in total. The lowest BCUT2D eigenvalue weighted by Gasteiger charge is -2.19. The van der Waals surface area contributed by atoms with E-state index in [-0.39, 0.29) is 17.9 Å². The molecule has 0 heterocycles. The van der Waals surface area contributed by atoms with E-state index in [0.29, 0.717) is 24.3 Å². The van der Waals surface area contributed by atoms with Crippen molar-refractivity contribution >= 4 is 11.9 Å². The number of benzene rings is 3. The van der Waals surface area contributed by atoms with Crippen LogP contribution in [0.25, 0.3) is 0 Å². The molecule has 0 saturated heterocycles. The molecule has 0 radical (unpaired) electrons. The van der Waals surface area contributed by atoms with Crippen LogP contribution in [-0.4, -0.2) is 11.9 Å². The largest absolute Gasteiger partial charge is 0.427 e. The van der Waals surface area contributed by atoms with Crippen LogP contribution in [0.5, 0.6) is 11.5 Å². The van der Waals surface area contributed by atoms with Gasteiger partial charge in [0.1, 0.15) is 11.5 Å². The van der Waals surface area contributed by atoms with Crippen LogP contribution in [0, 0.1) is 0 Å². The lowest BCUT2D eigenvalue weighted by Crippen LogP contribution is -2.09. The number of esters is 2. The minimum absolute atomic E-state index is 0.00714. The number of hydrogen-bond acceptors (Lipinski definition) is 4. The van der Waals surface area contributed by atoms with Gasteiger partial charge < -0.3 is 9.47 Å². The fraction of sp³-hybridized carbons (Fsp3) is 0.608. The van der Waals surface area contributed by atoms with Crippen molar-refractivity contribution in [3.05, 3.63) is 95.6 Å². The molecule has 3 rings (SSSR count). The highest BCUT2D eigenvalue weighted by Crippen LogP contribution is 2.34. The van der Waals surface area contributed by atoms with E-state index < -0.39 is 0 Å². The van der Waals surface area contributed by atoms with Crippen LogP contribution in [-0.2, 0) is 9.59 Å². The molecule has 0 fully saturated rings. The van der Waals surface area contributed by atoms with Crippen LogP contribution in [0.3, 0.4) is 0 Å². The predicted molar refractivity (Wildman–Crippen MR) is 232 cm³/mol. The third-order valence-corrected chi connectivity index (χ3v) is 11.0. The molecule has 0 unspecified atom stereocenters. The molecule has 0 saturated carbocycles. The van der Waals surface area contributed by atoms with Crippen LogP contribution in [0.2, 0.25) is 0 Å². The molecule has 55 heavy (non-hydrogen) atoms. The van der Waals surface area contributed by atoms with Gasteiger partial charge in [-0.2, -0.15) is 0 Å². The Bertz CT molecular complexity index is 1280. The first-order valence-electron chi connectivity index (χ1n) is 22.8. The van der Waals surface area contributed by atoms with Gasteiger partial charge in [0.05, 0.1) is 0 Å². The van der Waals surface area contributed by atoms with Crippen molar-refractivity contribution in [1.82, 2.24) is 0 Å². The molecule has 0 aromatic heterocycles. The van der Waals surface area contributed by atoms with Gasteiger partial charge in [0.25, 0.3) is 0 Å². The van der Waals surface area contributed by atoms with Crippen molar-refractivity contribution in [3.63, 3.8) is 0 Å². The summed E-state index contributed by atoms with van der Waals surface area (Å²) < 4.78 is 11.4. The van der Waals surface area contributed by atoms with Gasteiger partial charge in [0.15, 0.2) is 0 Å². The van der Waals surface area contributed by atoms with Crippen LogP contribution in [0.4, 0.5) is 0 Å². The SMILES string of the molecule is CCCCCCCCCCCCCCCC(=O)Oc1ccc(C(c2ccccc2)c2ccc(OC(=O)CCCCCCCCCCCCCCC)cc2)cc1. The van der Waals surface area contributed by atoms with Gasteiger partial charge in [-0.05, 0) is 53.8 Å². The normalized spacial score (nSPS) is 11.3. The average Bonchev–Trinajstić information content (AvgIpc) is 3.20. The van der Waals surface area contributed by atoms with Crippen molar-refractivity contribution in [1.29, 1.82) is 0 Å². The van der Waals surface area contributed by atoms with E-state index in [9.17, 15) is 9.59 Å². The molecule has 0 bridgehead atoms. The molecular weight excluding hydrogens is 677 g/mol. The van der Waals surface area contributed by atoms with Crippen molar-refractivity contribution in [2.24, 2.45) is 0 Å². The number of carbonyl (C=O) groups is 2. The molecule has 3 aromatic rings. The van der Waals surface area contributed by atoms with E-state index in [1.807, 2.05) is 30.3 Å². The second-order valence-electron chi connectivity index (χ2n) is 15.9. The summed E-state index contributed by atoms with van der Waals surface area (Å²) >= 11 is 0. The van der Waals surface area contributed by atoms with Crippen LogP contribution < -0.4 is 9.47 Å². The van der Waals surface area contributed by atoms with Crippen molar-refractivity contribution in [3.8, 4) is 11.5 Å². The zero-order valence-corrected chi connectivity index (χ0v) is 35.0. The Kier molecular flexibility index (Phi) is 25.7. The first-order chi connectivity index (χ1) is 27.1. The maximum absolute atomic E-state index is 12.6. The molecule has 0 aliphatic carbocycles. The summed E-state index contributed by atoms with van der Waals surface area (Å²) in [5.41, 5.74) is 3.38. The van der Waals surface area contributed by atoms with Crippen molar-refractivity contribution in [2.75, 3.05) is 0 Å². The van der Waals surface area contributed by atoms with Gasteiger partial charge in [-0.25, -0.2) is 0 Å². The van der Waals surface area contributed by atoms with E-state index >= 15 is 0 Å². The monoisotopic (exact) mass is 753 g/mol. The third kappa shape index (κ3) is 21.5. The molecule has 304 valence electrons. The Morgan fingerprint density at radius 3 is 0.945 bits per heavy atom. The maximum atomic E-state index is 12.6. The molecule has 4 nitrogen and oxygen atoms in total. The van der Waals surface area contributed by atoms with Gasteiger partial charge in [-0.1, -0.05) is 223 Å². The molecule has 0 amide bonds. The summed E-state index contributed by atoms with van der Waals surface area (Å²) in [7, 11) is 0. The minimum atomic E-state index is -0.158. The average molecular weight is 753 g/mol. The molecule has 0 spiro atoms. The van der Waals surface area contributed by atoms with Crippen molar-refractivity contribution < 1.29 is 19.1 Å². The molecular formula is C51H76O4. The van der Waals surface area contributed by atoms with Gasteiger partial charge in [0, 0.05) is 18.8 Å².